The van der Waals surface area contributed by atoms with Crippen LogP contribution in [0.25, 0.3) is 0 Å². The summed E-state index contributed by atoms with van der Waals surface area (Å²) >= 11 is 0. The van der Waals surface area contributed by atoms with Crippen LogP contribution < -0.4 is 0 Å². The van der Waals surface area contributed by atoms with Crippen molar-refractivity contribution in [3.63, 3.8) is 0 Å². The van der Waals surface area contributed by atoms with Crippen LogP contribution in [0.15, 0.2) is 60.7 Å². The van der Waals surface area contributed by atoms with Crippen molar-refractivity contribution in [2.24, 2.45) is 23.7 Å². The zero-order valence-corrected chi connectivity index (χ0v) is 23.5. The van der Waals surface area contributed by atoms with Crippen molar-refractivity contribution < 1.29 is 45.4 Å². The van der Waals surface area contributed by atoms with E-state index in [0.717, 1.165) is 11.1 Å². The average molecular weight is 603 g/mol. The first-order valence-corrected chi connectivity index (χ1v) is 13.8. The summed E-state index contributed by atoms with van der Waals surface area (Å²) in [4.78, 5) is 26.8. The predicted molar refractivity (Wildman–Crippen MR) is 143 cm³/mol. The van der Waals surface area contributed by atoms with Gasteiger partial charge in [-0.2, -0.15) is 26.3 Å². The molecular weight excluding hydrogens is 566 g/mol. The maximum atomic E-state index is 13.1. The number of carbonyl (C=O) groups excluding carboxylic acids is 2. The van der Waals surface area contributed by atoms with Gasteiger partial charge in [-0.05, 0) is 25.0 Å². The lowest BCUT2D eigenvalue weighted by Crippen LogP contribution is -2.34. The maximum absolute atomic E-state index is 13.1. The Morgan fingerprint density at radius 3 is 1.26 bits per heavy atom. The fourth-order valence-corrected chi connectivity index (χ4v) is 5.35. The molecule has 0 radical (unpaired) electrons. The summed E-state index contributed by atoms with van der Waals surface area (Å²) in [6.07, 6.45) is -8.77. The molecule has 0 aromatic heterocycles. The molecule has 2 saturated heterocycles. The minimum absolute atomic E-state index is 0.0813. The zero-order chi connectivity index (χ0) is 30.9. The lowest BCUT2D eigenvalue weighted by Gasteiger charge is -2.19. The van der Waals surface area contributed by atoms with Crippen molar-refractivity contribution in [3.05, 3.63) is 71.8 Å². The second-order valence-corrected chi connectivity index (χ2v) is 10.4. The minimum atomic E-state index is -4.39. The normalized spacial score (nSPS) is 23.2. The second-order valence-electron chi connectivity index (χ2n) is 10.4. The van der Waals surface area contributed by atoms with Crippen LogP contribution in [-0.2, 0) is 32.2 Å². The molecule has 42 heavy (non-hydrogen) atoms. The first-order chi connectivity index (χ1) is 19.8. The van der Waals surface area contributed by atoms with Crippen LogP contribution in [0.5, 0.6) is 0 Å². The molecule has 0 saturated carbocycles. The topological polar surface area (TPSA) is 59.1 Å². The second kappa shape index (κ2) is 14.9. The molecule has 2 aliphatic rings. The van der Waals surface area contributed by atoms with E-state index in [1.807, 2.05) is 60.7 Å². The third kappa shape index (κ3) is 9.45. The molecule has 2 aromatic rings. The highest BCUT2D eigenvalue weighted by molar-refractivity contribution is 5.74. The Hall–Kier alpha value is -3.12. The van der Waals surface area contributed by atoms with Crippen LogP contribution in [0.1, 0.15) is 25.0 Å². The molecule has 12 heteroatoms. The van der Waals surface area contributed by atoms with E-state index < -0.39 is 48.0 Å². The summed E-state index contributed by atoms with van der Waals surface area (Å²) in [5, 5.41) is 0. The quantitative estimate of drug-likeness (QED) is 0.285. The molecular formula is C30H36F6N2O4. The molecule has 0 spiro atoms. The molecule has 0 N–H and O–H groups in total. The summed E-state index contributed by atoms with van der Waals surface area (Å²) < 4.78 is 88.1. The van der Waals surface area contributed by atoms with Crippen molar-refractivity contribution in [2.45, 2.75) is 39.3 Å². The van der Waals surface area contributed by atoms with Crippen LogP contribution in [0.4, 0.5) is 26.3 Å². The summed E-state index contributed by atoms with van der Waals surface area (Å²) in [6, 6.07) is 18.5. The number of carbonyl (C=O) groups is 2. The summed E-state index contributed by atoms with van der Waals surface area (Å²) in [5.41, 5.74) is 1.87. The van der Waals surface area contributed by atoms with Crippen molar-refractivity contribution in [1.29, 1.82) is 0 Å². The van der Waals surface area contributed by atoms with E-state index >= 15 is 0 Å². The van der Waals surface area contributed by atoms with E-state index in [0.29, 0.717) is 13.1 Å². The Bertz CT molecular complexity index is 1040. The van der Waals surface area contributed by atoms with Gasteiger partial charge in [0.15, 0.2) is 0 Å². The number of rotatable bonds is 8. The fourth-order valence-electron chi connectivity index (χ4n) is 5.35. The number of alkyl halides is 6. The van der Waals surface area contributed by atoms with Gasteiger partial charge >= 0.3 is 24.3 Å². The van der Waals surface area contributed by atoms with Crippen molar-refractivity contribution >= 4 is 11.9 Å². The number of likely N-dealkylation sites (tertiary alicyclic amines) is 2. The van der Waals surface area contributed by atoms with E-state index in [2.05, 4.69) is 0 Å². The van der Waals surface area contributed by atoms with Gasteiger partial charge in [0.25, 0.3) is 0 Å². The zero-order valence-electron chi connectivity index (χ0n) is 23.5. The smallest absolute Gasteiger partial charge is 0.393 e. The summed E-state index contributed by atoms with van der Waals surface area (Å²) in [5.74, 6) is -7.08. The number of hydrogen-bond donors (Lipinski definition) is 0. The third-order valence-electron chi connectivity index (χ3n) is 7.31. The molecule has 2 heterocycles. The number of ether oxygens (including phenoxy) is 2. The molecule has 0 bridgehead atoms. The van der Waals surface area contributed by atoms with E-state index in [1.165, 1.54) is 0 Å². The SMILES string of the molecule is CCOC(=O)C1CN(Cc2ccccc2)CC1C(F)(F)F.CCOC(=O)C1CN(Cc2ccccc2)CC1C(F)(F)F. The van der Waals surface area contributed by atoms with Crippen LogP contribution in [0.3, 0.4) is 0 Å². The van der Waals surface area contributed by atoms with Gasteiger partial charge in [0.1, 0.15) is 0 Å². The Balaban J connectivity index is 0.000000230. The lowest BCUT2D eigenvalue weighted by atomic mass is 9.96. The predicted octanol–water partition coefficient (Wildman–Crippen LogP) is 5.72. The Kier molecular flexibility index (Phi) is 11.8. The fraction of sp³-hybridized carbons (Fsp3) is 0.533. The van der Waals surface area contributed by atoms with Gasteiger partial charge in [-0.15, -0.1) is 0 Å². The highest BCUT2D eigenvalue weighted by atomic mass is 19.4. The lowest BCUT2D eigenvalue weighted by molar-refractivity contribution is -0.190. The number of hydrogen-bond acceptors (Lipinski definition) is 6. The van der Waals surface area contributed by atoms with Gasteiger partial charge in [0, 0.05) is 39.3 Å². The first kappa shape index (κ1) is 33.4. The number of nitrogens with zero attached hydrogens (tertiary/aromatic N) is 2. The van der Waals surface area contributed by atoms with Gasteiger partial charge in [-0.25, -0.2) is 0 Å². The van der Waals surface area contributed by atoms with E-state index in [1.54, 1.807) is 23.6 Å². The van der Waals surface area contributed by atoms with Gasteiger partial charge < -0.3 is 9.47 Å². The maximum Gasteiger partial charge on any atom is 0.393 e. The molecule has 4 atom stereocenters. The molecule has 6 nitrogen and oxygen atoms in total. The van der Waals surface area contributed by atoms with Crippen molar-refractivity contribution in [1.82, 2.24) is 9.80 Å². The molecule has 2 fully saturated rings. The molecule has 0 amide bonds. The number of esters is 2. The number of benzene rings is 2. The highest BCUT2D eigenvalue weighted by Gasteiger charge is 2.53. The Labute approximate surface area is 241 Å². The molecule has 2 aromatic carbocycles. The van der Waals surface area contributed by atoms with Crippen LogP contribution in [0.2, 0.25) is 0 Å². The highest BCUT2D eigenvalue weighted by Crippen LogP contribution is 2.39. The van der Waals surface area contributed by atoms with Gasteiger partial charge in [0.05, 0.1) is 36.9 Å². The standard InChI is InChI=1S/2C15H18F3NO2/c2*1-2-21-14(20)12-9-19(10-13(12)15(16,17)18)8-11-6-4-3-5-7-11/h2*3-7,12-13H,2,8-10H2,1H3. The molecule has 2 aliphatic heterocycles. The van der Waals surface area contributed by atoms with Gasteiger partial charge in [-0.3, -0.25) is 19.4 Å². The van der Waals surface area contributed by atoms with Crippen molar-refractivity contribution in [3.8, 4) is 0 Å². The van der Waals surface area contributed by atoms with E-state index in [-0.39, 0.29) is 39.4 Å². The molecule has 0 aliphatic carbocycles. The minimum Gasteiger partial charge on any atom is -0.466 e. The van der Waals surface area contributed by atoms with Crippen LogP contribution in [-0.4, -0.2) is 73.5 Å². The van der Waals surface area contributed by atoms with E-state index in [9.17, 15) is 35.9 Å². The average Bonchev–Trinajstić information content (AvgIpc) is 3.56. The Morgan fingerprint density at radius 1 is 0.643 bits per heavy atom. The largest absolute Gasteiger partial charge is 0.466 e. The summed E-state index contributed by atoms with van der Waals surface area (Å²) in [6.45, 7) is 4.03. The number of halogens is 6. The monoisotopic (exact) mass is 602 g/mol. The third-order valence-corrected chi connectivity index (χ3v) is 7.31. The molecule has 4 rings (SSSR count). The summed E-state index contributed by atoms with van der Waals surface area (Å²) in [7, 11) is 0. The van der Waals surface area contributed by atoms with E-state index in [4.69, 9.17) is 9.47 Å². The molecule has 4 unspecified atom stereocenters. The first-order valence-electron chi connectivity index (χ1n) is 13.8. The van der Waals surface area contributed by atoms with Crippen LogP contribution >= 0.6 is 0 Å². The van der Waals surface area contributed by atoms with Crippen LogP contribution in [0, 0.1) is 23.7 Å². The molecule has 232 valence electrons. The van der Waals surface area contributed by atoms with Gasteiger partial charge in [0.2, 0.25) is 0 Å². The van der Waals surface area contributed by atoms with Gasteiger partial charge in [-0.1, -0.05) is 60.7 Å². The van der Waals surface area contributed by atoms with Crippen molar-refractivity contribution in [2.75, 3.05) is 39.4 Å². The Morgan fingerprint density at radius 2 is 0.976 bits per heavy atom.